The van der Waals surface area contributed by atoms with Crippen molar-refractivity contribution in [2.45, 2.75) is 19.1 Å². The summed E-state index contributed by atoms with van der Waals surface area (Å²) in [6, 6.07) is 8.91. The molecule has 142 valence electrons. The van der Waals surface area contributed by atoms with E-state index < -0.39 is 17.4 Å². The molecule has 2 heterocycles. The van der Waals surface area contributed by atoms with Crippen LogP contribution in [-0.4, -0.2) is 42.3 Å². The number of hydrogen-bond donors (Lipinski definition) is 2. The van der Waals surface area contributed by atoms with E-state index in [1.54, 1.807) is 7.05 Å². The maximum atomic E-state index is 12.2. The average Bonchev–Trinajstić information content (AvgIpc) is 3.13. The number of aliphatic hydroxyl groups excluding tert-OH is 1. The summed E-state index contributed by atoms with van der Waals surface area (Å²) >= 11 is 0. The van der Waals surface area contributed by atoms with E-state index in [9.17, 15) is 14.7 Å². The summed E-state index contributed by atoms with van der Waals surface area (Å²) in [5, 5.41) is 20.0. The molecule has 0 aliphatic rings. The number of aromatic amines is 1. The van der Waals surface area contributed by atoms with Gasteiger partial charge in [0.2, 0.25) is 0 Å². The fourth-order valence-corrected chi connectivity index (χ4v) is 2.69. The van der Waals surface area contributed by atoms with E-state index >= 15 is 0 Å². The molecular formula is C17H21N7O3. The molecule has 2 N–H and O–H groups in total. The molecule has 1 aromatic carbocycles. The first-order valence-corrected chi connectivity index (χ1v) is 8.34. The monoisotopic (exact) mass is 371 g/mol. The lowest BCUT2D eigenvalue weighted by Gasteiger charge is -2.25. The van der Waals surface area contributed by atoms with E-state index in [2.05, 4.69) is 20.3 Å². The van der Waals surface area contributed by atoms with Gasteiger partial charge in [-0.2, -0.15) is 4.98 Å². The second kappa shape index (κ2) is 7.16. The lowest BCUT2D eigenvalue weighted by atomic mass is 10.0. The maximum absolute atomic E-state index is 12.2. The number of nitrogens with one attached hydrogen (secondary N) is 1. The van der Waals surface area contributed by atoms with Gasteiger partial charge in [0.1, 0.15) is 6.10 Å². The molecule has 0 saturated carbocycles. The Hall–Kier alpha value is -3.27. The Morgan fingerprint density at radius 2 is 1.85 bits per heavy atom. The second-order valence-electron chi connectivity index (χ2n) is 6.32. The van der Waals surface area contributed by atoms with Crippen LogP contribution in [0.2, 0.25) is 0 Å². The van der Waals surface area contributed by atoms with Crippen LogP contribution < -0.4 is 11.2 Å². The second-order valence-corrected chi connectivity index (χ2v) is 6.32. The van der Waals surface area contributed by atoms with Crippen LogP contribution in [0.5, 0.6) is 0 Å². The normalized spacial score (nSPS) is 14.0. The molecule has 0 saturated heterocycles. The number of imidazole rings is 1. The number of fused-ring (bicyclic) bond motifs is 1. The van der Waals surface area contributed by atoms with Crippen molar-refractivity contribution >= 4 is 17.1 Å². The van der Waals surface area contributed by atoms with Crippen molar-refractivity contribution in [2.75, 3.05) is 7.05 Å². The van der Waals surface area contributed by atoms with Crippen molar-refractivity contribution in [3.05, 3.63) is 56.7 Å². The molecule has 2 aromatic heterocycles. The van der Waals surface area contributed by atoms with Crippen molar-refractivity contribution in [3.8, 4) is 0 Å². The Morgan fingerprint density at radius 3 is 2.52 bits per heavy atom. The Balaban J connectivity index is 1.85. The van der Waals surface area contributed by atoms with Crippen molar-refractivity contribution in [1.82, 2.24) is 24.1 Å². The fourth-order valence-electron chi connectivity index (χ4n) is 2.69. The van der Waals surface area contributed by atoms with Crippen molar-refractivity contribution in [3.63, 3.8) is 0 Å². The largest absolute Gasteiger partial charge is 0.386 e. The lowest BCUT2D eigenvalue weighted by molar-refractivity contribution is 0.0700. The Bertz CT molecular complexity index is 1100. The summed E-state index contributed by atoms with van der Waals surface area (Å²) in [7, 11) is 4.60. The van der Waals surface area contributed by atoms with Crippen LogP contribution in [0.4, 0.5) is 5.95 Å². The van der Waals surface area contributed by atoms with Gasteiger partial charge < -0.3 is 10.1 Å². The van der Waals surface area contributed by atoms with Gasteiger partial charge in [-0.05, 0) is 12.5 Å². The van der Waals surface area contributed by atoms with Crippen LogP contribution >= 0.6 is 0 Å². The summed E-state index contributed by atoms with van der Waals surface area (Å²) in [5.74, 6) is 0.0940. The van der Waals surface area contributed by atoms with E-state index in [1.807, 2.05) is 37.3 Å². The van der Waals surface area contributed by atoms with Crippen molar-refractivity contribution in [2.24, 2.45) is 24.4 Å². The van der Waals surface area contributed by atoms with Crippen LogP contribution in [0, 0.1) is 0 Å². The van der Waals surface area contributed by atoms with Crippen LogP contribution in [0.25, 0.3) is 11.2 Å². The number of benzene rings is 1. The molecule has 27 heavy (non-hydrogen) atoms. The molecule has 0 amide bonds. The van der Waals surface area contributed by atoms with Gasteiger partial charge in [0.15, 0.2) is 11.2 Å². The first kappa shape index (κ1) is 18.5. The van der Waals surface area contributed by atoms with Gasteiger partial charge in [-0.25, -0.2) is 4.79 Å². The quantitative estimate of drug-likeness (QED) is 0.512. The van der Waals surface area contributed by atoms with Gasteiger partial charge >= 0.3 is 5.69 Å². The lowest BCUT2D eigenvalue weighted by Crippen LogP contribution is -2.36. The van der Waals surface area contributed by atoms with Crippen LogP contribution in [0.3, 0.4) is 0 Å². The van der Waals surface area contributed by atoms with Gasteiger partial charge in [-0.1, -0.05) is 40.7 Å². The van der Waals surface area contributed by atoms with Crippen LogP contribution in [-0.2, 0) is 14.1 Å². The molecule has 10 nitrogen and oxygen atoms in total. The third-order valence-corrected chi connectivity index (χ3v) is 4.55. The number of H-pyrrole nitrogens is 1. The zero-order valence-electron chi connectivity index (χ0n) is 15.5. The smallest absolute Gasteiger partial charge is 0.332 e. The Kier molecular flexibility index (Phi) is 4.91. The van der Waals surface area contributed by atoms with Gasteiger partial charge in [0.05, 0.1) is 6.04 Å². The number of nitrogens with zero attached hydrogens (tertiary/aromatic N) is 6. The molecule has 0 fully saturated rings. The van der Waals surface area contributed by atoms with Crippen molar-refractivity contribution < 1.29 is 5.11 Å². The zero-order chi connectivity index (χ0) is 19.7. The minimum Gasteiger partial charge on any atom is -0.386 e. The highest BCUT2D eigenvalue weighted by atomic mass is 16.3. The van der Waals surface area contributed by atoms with E-state index in [4.69, 9.17) is 0 Å². The molecule has 3 aromatic rings. The molecule has 0 aliphatic heterocycles. The standard InChI is InChI=1S/C17H21N7O3/c1-10(13(25)11-8-6-5-7-9-11)24(4)21-20-16-18-12-14(19-16)22(2)17(27)23(3)15(12)26/h5-10,13,25H,1-4H3,(H,18,19)/b21-20+/t10-,13+/m1/s1. The third-order valence-electron chi connectivity index (χ3n) is 4.55. The fraction of sp³-hybridized carbons (Fsp3) is 0.353. The Morgan fingerprint density at radius 1 is 1.19 bits per heavy atom. The van der Waals surface area contributed by atoms with Gasteiger partial charge in [0.25, 0.3) is 11.5 Å². The highest BCUT2D eigenvalue weighted by molar-refractivity contribution is 5.71. The van der Waals surface area contributed by atoms with E-state index in [0.717, 1.165) is 10.1 Å². The molecule has 3 rings (SSSR count). The molecule has 0 bridgehead atoms. The van der Waals surface area contributed by atoms with Gasteiger partial charge in [-0.15, -0.1) is 0 Å². The van der Waals surface area contributed by atoms with Gasteiger partial charge in [-0.3, -0.25) is 18.9 Å². The van der Waals surface area contributed by atoms with Gasteiger partial charge in [0, 0.05) is 21.1 Å². The topological polar surface area (TPSA) is 121 Å². The van der Waals surface area contributed by atoms with Crippen LogP contribution in [0.1, 0.15) is 18.6 Å². The number of likely N-dealkylation sites (N-methyl/N-ethyl adjacent to an activating group) is 1. The number of aliphatic hydroxyl groups is 1. The summed E-state index contributed by atoms with van der Waals surface area (Å²) in [6.07, 6.45) is -0.751. The third kappa shape index (κ3) is 3.38. The highest BCUT2D eigenvalue weighted by Crippen LogP contribution is 2.21. The minimum absolute atomic E-state index is 0.0940. The van der Waals surface area contributed by atoms with Crippen molar-refractivity contribution in [1.29, 1.82) is 0 Å². The molecule has 10 heteroatoms. The van der Waals surface area contributed by atoms with E-state index in [0.29, 0.717) is 0 Å². The van der Waals surface area contributed by atoms with E-state index in [-0.39, 0.29) is 23.2 Å². The Labute approximate surface area is 154 Å². The summed E-state index contributed by atoms with van der Waals surface area (Å²) in [4.78, 5) is 31.1. The predicted molar refractivity (Wildman–Crippen MR) is 99.7 cm³/mol. The van der Waals surface area contributed by atoms with E-state index in [1.165, 1.54) is 23.7 Å². The first-order valence-electron chi connectivity index (χ1n) is 8.34. The number of hydrogen-bond acceptors (Lipinski definition) is 6. The number of aryl methyl sites for hydroxylation is 1. The SMILES string of the molecule is C[C@H]([C@H](O)c1ccccc1)N(C)/N=N/c1nc2c([nH]1)c(=O)n(C)c(=O)n2C. The zero-order valence-corrected chi connectivity index (χ0v) is 15.5. The molecular weight excluding hydrogens is 350 g/mol. The average molecular weight is 371 g/mol. The maximum Gasteiger partial charge on any atom is 0.332 e. The number of rotatable bonds is 5. The molecule has 0 spiro atoms. The molecule has 0 aliphatic carbocycles. The predicted octanol–water partition coefficient (Wildman–Crippen LogP) is 1.01. The molecule has 0 radical (unpaired) electrons. The highest BCUT2D eigenvalue weighted by Gasteiger charge is 2.20. The minimum atomic E-state index is -0.751. The molecule has 0 unspecified atom stereocenters. The first-order chi connectivity index (χ1) is 12.8. The summed E-state index contributed by atoms with van der Waals surface area (Å²) in [5.41, 5.74) is 0.197. The molecule has 2 atom stereocenters. The summed E-state index contributed by atoms with van der Waals surface area (Å²) < 4.78 is 2.25. The summed E-state index contributed by atoms with van der Waals surface area (Å²) in [6.45, 7) is 1.81. The number of aromatic nitrogens is 4. The van der Waals surface area contributed by atoms with Crippen LogP contribution in [0.15, 0.2) is 50.3 Å².